The summed E-state index contributed by atoms with van der Waals surface area (Å²) in [6.07, 6.45) is 1.40. The molecule has 2 rings (SSSR count). The predicted octanol–water partition coefficient (Wildman–Crippen LogP) is 3.25. The van der Waals surface area contributed by atoms with Crippen molar-refractivity contribution in [1.29, 1.82) is 0 Å². The lowest BCUT2D eigenvalue weighted by Gasteiger charge is -2.19. The number of rotatable bonds is 4. The van der Waals surface area contributed by atoms with E-state index in [-0.39, 0.29) is 16.4 Å². The van der Waals surface area contributed by atoms with Crippen LogP contribution in [-0.4, -0.2) is 33.5 Å². The van der Waals surface area contributed by atoms with E-state index in [4.69, 9.17) is 11.6 Å². The van der Waals surface area contributed by atoms with E-state index in [1.165, 1.54) is 19.3 Å². The average molecular weight is 438 g/mol. The van der Waals surface area contributed by atoms with Gasteiger partial charge in [-0.05, 0) is 40.2 Å². The second-order valence-corrected chi connectivity index (χ2v) is 7.82. The standard InChI is InChI=1S/C14H11BrClFN2O4S/c1-19(13-4-3-8(15)7-18-13)24(21,22)12-5-9(14(20)23-2)10(16)6-11(12)17/h3-7H,1-2H3. The molecule has 0 N–H and O–H groups in total. The van der Waals surface area contributed by atoms with Crippen molar-refractivity contribution < 1.29 is 22.3 Å². The molecule has 0 atom stereocenters. The molecule has 10 heteroatoms. The van der Waals surface area contributed by atoms with Gasteiger partial charge in [-0.25, -0.2) is 22.6 Å². The molecule has 24 heavy (non-hydrogen) atoms. The van der Waals surface area contributed by atoms with Crippen LogP contribution in [0.5, 0.6) is 0 Å². The minimum atomic E-state index is -4.30. The van der Waals surface area contributed by atoms with Crippen LogP contribution in [0.2, 0.25) is 5.02 Å². The number of hydrogen-bond acceptors (Lipinski definition) is 5. The summed E-state index contributed by atoms with van der Waals surface area (Å²) in [7, 11) is -1.98. The van der Waals surface area contributed by atoms with Crippen molar-refractivity contribution >= 4 is 49.3 Å². The molecule has 0 amide bonds. The van der Waals surface area contributed by atoms with Gasteiger partial charge >= 0.3 is 5.97 Å². The van der Waals surface area contributed by atoms with E-state index < -0.39 is 26.7 Å². The van der Waals surface area contributed by atoms with E-state index in [1.807, 2.05) is 0 Å². The van der Waals surface area contributed by atoms with Crippen LogP contribution in [0.25, 0.3) is 0 Å². The molecule has 0 bridgehead atoms. The third-order valence-electron chi connectivity index (χ3n) is 3.10. The zero-order chi connectivity index (χ0) is 18.1. The summed E-state index contributed by atoms with van der Waals surface area (Å²) >= 11 is 8.96. The Balaban J connectivity index is 2.56. The van der Waals surface area contributed by atoms with E-state index in [2.05, 4.69) is 25.7 Å². The number of nitrogens with zero attached hydrogens (tertiary/aromatic N) is 2. The molecule has 1 aromatic heterocycles. The van der Waals surface area contributed by atoms with Gasteiger partial charge in [-0.2, -0.15) is 0 Å². The number of halogens is 3. The molecule has 0 radical (unpaired) electrons. The predicted molar refractivity (Wildman–Crippen MR) is 90.3 cm³/mol. The molecular formula is C14H11BrClFN2O4S. The molecule has 1 aromatic carbocycles. The Bertz CT molecular complexity index is 890. The number of ether oxygens (including phenoxy) is 1. The van der Waals surface area contributed by atoms with Gasteiger partial charge in [0, 0.05) is 17.7 Å². The van der Waals surface area contributed by atoms with Gasteiger partial charge in [0.25, 0.3) is 10.0 Å². The molecule has 0 saturated heterocycles. The Hall–Kier alpha value is -1.71. The maximum Gasteiger partial charge on any atom is 0.339 e. The van der Waals surface area contributed by atoms with Crippen molar-refractivity contribution in [2.24, 2.45) is 0 Å². The van der Waals surface area contributed by atoms with Crippen LogP contribution >= 0.6 is 27.5 Å². The highest BCUT2D eigenvalue weighted by atomic mass is 79.9. The summed E-state index contributed by atoms with van der Waals surface area (Å²) in [5.41, 5.74) is -0.253. The number of pyridine rings is 1. The first kappa shape index (κ1) is 18.6. The van der Waals surface area contributed by atoms with Gasteiger partial charge in [0.15, 0.2) is 0 Å². The number of carbonyl (C=O) groups excluding carboxylic acids is 1. The average Bonchev–Trinajstić information content (AvgIpc) is 2.54. The van der Waals surface area contributed by atoms with Gasteiger partial charge in [0.2, 0.25) is 0 Å². The number of aromatic nitrogens is 1. The lowest BCUT2D eigenvalue weighted by molar-refractivity contribution is 0.0600. The Morgan fingerprint density at radius 2 is 2.04 bits per heavy atom. The number of anilines is 1. The van der Waals surface area contributed by atoms with Crippen molar-refractivity contribution in [2.75, 3.05) is 18.5 Å². The SMILES string of the molecule is COC(=O)c1cc(S(=O)(=O)N(C)c2ccc(Br)cn2)c(F)cc1Cl. The Morgan fingerprint density at radius 1 is 1.38 bits per heavy atom. The van der Waals surface area contributed by atoms with Gasteiger partial charge in [0.1, 0.15) is 16.5 Å². The fraction of sp³-hybridized carbons (Fsp3) is 0.143. The quantitative estimate of drug-likeness (QED) is 0.686. The molecule has 0 spiro atoms. The van der Waals surface area contributed by atoms with Crippen molar-refractivity contribution in [3.05, 3.63) is 51.3 Å². The topological polar surface area (TPSA) is 76.6 Å². The first-order valence-electron chi connectivity index (χ1n) is 6.36. The molecule has 128 valence electrons. The van der Waals surface area contributed by atoms with Crippen LogP contribution < -0.4 is 4.31 Å². The fourth-order valence-electron chi connectivity index (χ4n) is 1.82. The summed E-state index contributed by atoms with van der Waals surface area (Å²) in [5.74, 6) is -1.88. The molecule has 0 saturated carbocycles. The molecular weight excluding hydrogens is 427 g/mol. The lowest BCUT2D eigenvalue weighted by atomic mass is 10.2. The molecule has 0 aliphatic rings. The summed E-state index contributed by atoms with van der Waals surface area (Å²) in [5, 5.41) is -0.247. The highest BCUT2D eigenvalue weighted by Gasteiger charge is 2.28. The zero-order valence-electron chi connectivity index (χ0n) is 12.5. The summed E-state index contributed by atoms with van der Waals surface area (Å²) in [6.45, 7) is 0. The Kier molecular flexibility index (Phi) is 5.46. The highest BCUT2D eigenvalue weighted by molar-refractivity contribution is 9.10. The second-order valence-electron chi connectivity index (χ2n) is 4.56. The van der Waals surface area contributed by atoms with E-state index >= 15 is 0 Å². The third-order valence-corrected chi connectivity index (χ3v) is 5.66. The molecule has 0 aliphatic carbocycles. The number of methoxy groups -OCH3 is 1. The van der Waals surface area contributed by atoms with Gasteiger partial charge in [-0.15, -0.1) is 0 Å². The molecule has 2 aromatic rings. The minimum absolute atomic E-state index is 0.0761. The summed E-state index contributed by atoms with van der Waals surface area (Å²) in [4.78, 5) is 14.9. The van der Waals surface area contributed by atoms with Gasteiger partial charge in [-0.3, -0.25) is 4.31 Å². The molecule has 1 heterocycles. The van der Waals surface area contributed by atoms with Gasteiger partial charge < -0.3 is 4.74 Å². The third kappa shape index (κ3) is 3.52. The number of hydrogen-bond donors (Lipinski definition) is 0. The number of esters is 1. The fourth-order valence-corrected chi connectivity index (χ4v) is 3.50. The van der Waals surface area contributed by atoms with Crippen LogP contribution in [0, 0.1) is 5.82 Å². The van der Waals surface area contributed by atoms with Crippen LogP contribution in [-0.2, 0) is 14.8 Å². The minimum Gasteiger partial charge on any atom is -0.465 e. The van der Waals surface area contributed by atoms with Crippen LogP contribution in [0.3, 0.4) is 0 Å². The normalized spacial score (nSPS) is 11.2. The lowest BCUT2D eigenvalue weighted by Crippen LogP contribution is -2.28. The van der Waals surface area contributed by atoms with Crippen molar-refractivity contribution in [1.82, 2.24) is 4.98 Å². The van der Waals surface area contributed by atoms with Crippen molar-refractivity contribution in [2.45, 2.75) is 4.90 Å². The van der Waals surface area contributed by atoms with E-state index in [0.717, 1.165) is 23.5 Å². The first-order valence-corrected chi connectivity index (χ1v) is 8.97. The van der Waals surface area contributed by atoms with Crippen molar-refractivity contribution in [3.8, 4) is 0 Å². The van der Waals surface area contributed by atoms with E-state index in [1.54, 1.807) is 6.07 Å². The number of sulfonamides is 1. The highest BCUT2D eigenvalue weighted by Crippen LogP contribution is 2.28. The maximum atomic E-state index is 14.2. The summed E-state index contributed by atoms with van der Waals surface area (Å²) in [6, 6.07) is 4.63. The zero-order valence-corrected chi connectivity index (χ0v) is 15.6. The van der Waals surface area contributed by atoms with Gasteiger partial charge in [0.05, 0.1) is 17.7 Å². The van der Waals surface area contributed by atoms with Crippen LogP contribution in [0.1, 0.15) is 10.4 Å². The molecule has 0 unspecified atom stereocenters. The van der Waals surface area contributed by atoms with Crippen LogP contribution in [0.4, 0.5) is 10.2 Å². The van der Waals surface area contributed by atoms with Gasteiger partial charge in [-0.1, -0.05) is 11.6 Å². The monoisotopic (exact) mass is 436 g/mol. The number of carbonyl (C=O) groups is 1. The molecule has 6 nitrogen and oxygen atoms in total. The first-order chi connectivity index (χ1) is 11.2. The van der Waals surface area contributed by atoms with E-state index in [9.17, 15) is 17.6 Å². The Labute approximate surface area is 151 Å². The Morgan fingerprint density at radius 3 is 2.58 bits per heavy atom. The summed E-state index contributed by atoms with van der Waals surface area (Å²) < 4.78 is 45.4. The maximum absolute atomic E-state index is 14.2. The van der Waals surface area contributed by atoms with Crippen LogP contribution in [0.15, 0.2) is 39.8 Å². The molecule has 0 fully saturated rings. The van der Waals surface area contributed by atoms with Crippen molar-refractivity contribution in [3.63, 3.8) is 0 Å². The van der Waals surface area contributed by atoms with E-state index in [0.29, 0.717) is 4.47 Å². The largest absolute Gasteiger partial charge is 0.465 e. The smallest absolute Gasteiger partial charge is 0.339 e. The number of benzene rings is 1. The molecule has 0 aliphatic heterocycles. The second kappa shape index (κ2) is 7.04.